The lowest BCUT2D eigenvalue weighted by Gasteiger charge is -2.10. The van der Waals surface area contributed by atoms with Crippen molar-refractivity contribution in [3.63, 3.8) is 0 Å². The number of nitrogens with zero attached hydrogens (tertiary/aromatic N) is 1. The highest BCUT2D eigenvalue weighted by molar-refractivity contribution is 7.91. The molecule has 1 heterocycles. The summed E-state index contributed by atoms with van der Waals surface area (Å²) in [5.74, 6) is -2.85. The lowest BCUT2D eigenvalue weighted by atomic mass is 10.3. The minimum atomic E-state index is -4.65. The fourth-order valence-corrected chi connectivity index (χ4v) is 2.55. The van der Waals surface area contributed by atoms with Crippen molar-refractivity contribution in [3.8, 4) is 0 Å². The van der Waals surface area contributed by atoms with E-state index in [1.807, 2.05) is 0 Å². The molecule has 0 aliphatic heterocycles. The molecule has 0 saturated heterocycles. The first-order chi connectivity index (χ1) is 9.41. The molecule has 0 aliphatic carbocycles. The number of alkyl halides is 2. The molecule has 0 amide bonds. The molecule has 108 valence electrons. The van der Waals surface area contributed by atoms with Crippen molar-refractivity contribution in [2.75, 3.05) is 5.32 Å². The van der Waals surface area contributed by atoms with E-state index in [0.717, 1.165) is 6.07 Å². The fraction of sp³-hybridized carbons (Fsp3) is 0.250. The summed E-state index contributed by atoms with van der Waals surface area (Å²) in [5.41, 5.74) is 0.653. The van der Waals surface area contributed by atoms with Crippen LogP contribution in [0.4, 0.5) is 14.5 Å². The van der Waals surface area contributed by atoms with Gasteiger partial charge in [-0.3, -0.25) is 0 Å². The largest absolute Gasteiger partial charge is 0.378 e. The van der Waals surface area contributed by atoms with Gasteiger partial charge in [0.25, 0.3) is 0 Å². The summed E-state index contributed by atoms with van der Waals surface area (Å²) in [5, 5.41) is 6.49. The third-order valence-electron chi connectivity index (χ3n) is 2.56. The molecule has 0 atom stereocenters. The first-order valence-electron chi connectivity index (χ1n) is 5.68. The van der Waals surface area contributed by atoms with Crippen LogP contribution in [0.5, 0.6) is 0 Å². The minimum absolute atomic E-state index is 0.105. The van der Waals surface area contributed by atoms with Crippen molar-refractivity contribution in [1.82, 2.24) is 5.16 Å². The van der Waals surface area contributed by atoms with Crippen molar-refractivity contribution in [1.29, 1.82) is 0 Å². The minimum Gasteiger partial charge on any atom is -0.378 e. The molecule has 0 spiro atoms. The number of aryl methyl sites for hydroxylation is 1. The van der Waals surface area contributed by atoms with Gasteiger partial charge in [-0.05, 0) is 19.1 Å². The van der Waals surface area contributed by atoms with Crippen LogP contribution in [0.15, 0.2) is 39.8 Å². The molecule has 0 aliphatic rings. The maximum absolute atomic E-state index is 12.6. The maximum Gasteiger partial charge on any atom is 0.341 e. The molecule has 20 heavy (non-hydrogen) atoms. The molecule has 1 N–H and O–H groups in total. The zero-order chi connectivity index (χ0) is 14.8. The Morgan fingerprint density at radius 3 is 2.65 bits per heavy atom. The van der Waals surface area contributed by atoms with Crippen molar-refractivity contribution in [2.45, 2.75) is 24.1 Å². The summed E-state index contributed by atoms with van der Waals surface area (Å²) < 4.78 is 53.2. The topological polar surface area (TPSA) is 72.2 Å². The Morgan fingerprint density at radius 2 is 2.05 bits per heavy atom. The third kappa shape index (κ3) is 2.96. The molecule has 5 nitrogen and oxygen atoms in total. The molecule has 8 heteroatoms. The van der Waals surface area contributed by atoms with Gasteiger partial charge < -0.3 is 9.84 Å². The molecule has 1 aromatic heterocycles. The number of rotatable bonds is 5. The lowest BCUT2D eigenvalue weighted by Crippen LogP contribution is -2.14. The van der Waals surface area contributed by atoms with Crippen LogP contribution in [0, 0.1) is 6.92 Å². The Labute approximate surface area is 114 Å². The average Bonchev–Trinajstić information content (AvgIpc) is 2.82. The number of nitrogens with one attached hydrogen (secondary N) is 1. The molecule has 2 rings (SSSR count). The van der Waals surface area contributed by atoms with E-state index in [-0.39, 0.29) is 12.2 Å². The van der Waals surface area contributed by atoms with Crippen molar-refractivity contribution in [3.05, 3.63) is 41.8 Å². The number of benzene rings is 1. The third-order valence-corrected chi connectivity index (χ3v) is 4.00. The number of sulfone groups is 1. The Morgan fingerprint density at radius 1 is 1.35 bits per heavy atom. The second kappa shape index (κ2) is 5.58. The molecule has 0 saturated carbocycles. The summed E-state index contributed by atoms with van der Waals surface area (Å²) >= 11 is 0. The van der Waals surface area contributed by atoms with Crippen molar-refractivity contribution < 1.29 is 21.7 Å². The smallest absolute Gasteiger partial charge is 0.341 e. The van der Waals surface area contributed by atoms with Gasteiger partial charge in [0.2, 0.25) is 9.84 Å². The van der Waals surface area contributed by atoms with Gasteiger partial charge in [-0.25, -0.2) is 8.42 Å². The standard InChI is InChI=1S/C12H12F2N2O3S/c1-8-6-9(16-19-8)7-15-10-4-2-3-5-11(10)20(17,18)12(13)14/h2-6,12,15H,7H2,1H3. The molecule has 0 bridgehead atoms. The van der Waals surface area contributed by atoms with Gasteiger partial charge in [0, 0.05) is 6.07 Å². The highest BCUT2D eigenvalue weighted by Gasteiger charge is 2.28. The van der Waals surface area contributed by atoms with Gasteiger partial charge in [0.05, 0.1) is 17.1 Å². The Hall–Kier alpha value is -1.96. The number of hydrogen-bond acceptors (Lipinski definition) is 5. The van der Waals surface area contributed by atoms with Crippen LogP contribution in [0.3, 0.4) is 0 Å². The van der Waals surface area contributed by atoms with Crippen LogP contribution in [0.1, 0.15) is 11.5 Å². The molecule has 0 radical (unpaired) electrons. The first-order valence-corrected chi connectivity index (χ1v) is 7.23. The van der Waals surface area contributed by atoms with Crippen LogP contribution >= 0.6 is 0 Å². The van der Waals surface area contributed by atoms with Crippen molar-refractivity contribution >= 4 is 15.5 Å². The van der Waals surface area contributed by atoms with Crippen LogP contribution in [-0.4, -0.2) is 19.3 Å². The van der Waals surface area contributed by atoms with E-state index in [0.29, 0.717) is 11.5 Å². The lowest BCUT2D eigenvalue weighted by molar-refractivity contribution is 0.235. The number of para-hydroxylation sites is 1. The van der Waals surface area contributed by atoms with E-state index in [1.165, 1.54) is 12.1 Å². The Kier molecular flexibility index (Phi) is 4.03. The van der Waals surface area contributed by atoms with Gasteiger partial charge in [-0.15, -0.1) is 0 Å². The van der Waals surface area contributed by atoms with Crippen molar-refractivity contribution in [2.24, 2.45) is 0 Å². The van der Waals surface area contributed by atoms with Gasteiger partial charge in [0.15, 0.2) is 0 Å². The second-order valence-corrected chi connectivity index (χ2v) is 5.97. The highest BCUT2D eigenvalue weighted by atomic mass is 32.2. The molecular weight excluding hydrogens is 290 g/mol. The van der Waals surface area contributed by atoms with Crippen LogP contribution in [0.25, 0.3) is 0 Å². The second-order valence-electron chi connectivity index (χ2n) is 4.08. The monoisotopic (exact) mass is 302 g/mol. The zero-order valence-corrected chi connectivity index (χ0v) is 11.3. The first kappa shape index (κ1) is 14.4. The fourth-order valence-electron chi connectivity index (χ4n) is 1.64. The number of hydrogen-bond donors (Lipinski definition) is 1. The molecule has 1 aromatic carbocycles. The van der Waals surface area contributed by atoms with Crippen LogP contribution < -0.4 is 5.32 Å². The van der Waals surface area contributed by atoms with E-state index < -0.39 is 20.5 Å². The van der Waals surface area contributed by atoms with Gasteiger partial charge in [-0.1, -0.05) is 17.3 Å². The molecule has 0 unspecified atom stereocenters. The summed E-state index contributed by atoms with van der Waals surface area (Å²) in [7, 11) is -4.65. The van der Waals surface area contributed by atoms with Gasteiger partial charge in [-0.2, -0.15) is 8.78 Å². The van der Waals surface area contributed by atoms with E-state index in [9.17, 15) is 17.2 Å². The predicted molar refractivity (Wildman–Crippen MR) is 68.2 cm³/mol. The van der Waals surface area contributed by atoms with Crippen LogP contribution in [-0.2, 0) is 16.4 Å². The molecular formula is C12H12F2N2O3S. The molecule has 0 fully saturated rings. The quantitative estimate of drug-likeness (QED) is 0.919. The summed E-state index contributed by atoms with van der Waals surface area (Å²) in [6.45, 7) is 1.89. The Balaban J connectivity index is 2.25. The Bertz CT molecular complexity index is 698. The number of aromatic nitrogens is 1. The summed E-state index contributed by atoms with van der Waals surface area (Å²) in [6.07, 6.45) is 0. The van der Waals surface area contributed by atoms with Gasteiger partial charge >= 0.3 is 5.76 Å². The zero-order valence-electron chi connectivity index (χ0n) is 10.5. The van der Waals surface area contributed by atoms with E-state index in [2.05, 4.69) is 10.5 Å². The maximum atomic E-state index is 12.6. The van der Waals surface area contributed by atoms with E-state index in [4.69, 9.17) is 4.52 Å². The highest BCUT2D eigenvalue weighted by Crippen LogP contribution is 2.26. The van der Waals surface area contributed by atoms with E-state index in [1.54, 1.807) is 19.1 Å². The van der Waals surface area contributed by atoms with E-state index >= 15 is 0 Å². The number of anilines is 1. The predicted octanol–water partition coefficient (Wildman–Crippen LogP) is 2.59. The van der Waals surface area contributed by atoms with Gasteiger partial charge in [0.1, 0.15) is 11.5 Å². The SMILES string of the molecule is Cc1cc(CNc2ccccc2S(=O)(=O)C(F)F)no1. The molecule has 2 aromatic rings. The average molecular weight is 302 g/mol. The number of halogens is 2. The summed E-state index contributed by atoms with van der Waals surface area (Å²) in [6, 6.07) is 7.17. The normalized spacial score (nSPS) is 11.8. The summed E-state index contributed by atoms with van der Waals surface area (Å²) in [4.78, 5) is -0.435. The van der Waals surface area contributed by atoms with Crippen LogP contribution in [0.2, 0.25) is 0 Å².